The molecule has 14 heteroatoms. The summed E-state index contributed by atoms with van der Waals surface area (Å²) in [6, 6.07) is 13.0. The fraction of sp³-hybridized carbons (Fsp3) is 0.500. The molecule has 5 rings (SSSR count). The van der Waals surface area contributed by atoms with Gasteiger partial charge in [0.1, 0.15) is 17.6 Å². The molecule has 258 valence electrons. The summed E-state index contributed by atoms with van der Waals surface area (Å²) >= 11 is 0. The molecule has 1 aromatic carbocycles. The molecule has 5 atom stereocenters. The predicted octanol–water partition coefficient (Wildman–Crippen LogP) is 2.78. The Kier molecular flexibility index (Phi) is 9.86. The van der Waals surface area contributed by atoms with Crippen molar-refractivity contribution in [2.24, 2.45) is 17.3 Å². The number of carbonyl (C=O) groups excluding carboxylic acids is 4. The zero-order valence-corrected chi connectivity index (χ0v) is 28.4. The van der Waals surface area contributed by atoms with Gasteiger partial charge in [-0.3, -0.25) is 19.1 Å². The summed E-state index contributed by atoms with van der Waals surface area (Å²) in [6.45, 7) is 9.33. The zero-order chi connectivity index (χ0) is 34.9. The van der Waals surface area contributed by atoms with Gasteiger partial charge in [0.05, 0.1) is 24.7 Å². The number of methoxy groups -OCH3 is 1. The molecule has 1 saturated heterocycles. The first-order chi connectivity index (χ1) is 22.7. The largest absolute Gasteiger partial charge is 0.477 e. The number of nitrogens with one attached hydrogen (secondary N) is 3. The minimum absolute atomic E-state index is 0.116. The van der Waals surface area contributed by atoms with Crippen molar-refractivity contribution >= 4 is 33.8 Å². The molecule has 2 saturated carbocycles. The molecule has 1 aromatic heterocycles. The number of sulfonamides is 1. The third kappa shape index (κ3) is 7.64. The molecule has 13 nitrogen and oxygen atoms in total. The van der Waals surface area contributed by atoms with Crippen LogP contribution in [0.15, 0.2) is 61.2 Å². The van der Waals surface area contributed by atoms with Gasteiger partial charge < -0.3 is 25.0 Å². The SMILES string of the molecule is C=CC1CC1(NC(=O)C1CC(COc2cccc(-c3ccccc3)n2)CN1C(=O)C(NC(=O)OC)C(C)(C)C)C(=O)NS(=O)(=O)C1CC1. The Labute approximate surface area is 280 Å². The number of pyridine rings is 1. The highest BCUT2D eigenvalue weighted by Gasteiger charge is 2.62. The van der Waals surface area contributed by atoms with Crippen LogP contribution in [-0.4, -0.2) is 85.3 Å². The van der Waals surface area contributed by atoms with Crippen molar-refractivity contribution in [2.75, 3.05) is 20.3 Å². The molecule has 4 amide bonds. The van der Waals surface area contributed by atoms with Crippen LogP contribution in [0, 0.1) is 17.3 Å². The predicted molar refractivity (Wildman–Crippen MR) is 177 cm³/mol. The van der Waals surface area contributed by atoms with E-state index in [0.29, 0.717) is 18.7 Å². The van der Waals surface area contributed by atoms with Gasteiger partial charge in [-0.15, -0.1) is 6.58 Å². The van der Waals surface area contributed by atoms with E-state index in [1.54, 1.807) is 26.8 Å². The van der Waals surface area contributed by atoms with Gasteiger partial charge in [-0.25, -0.2) is 18.2 Å². The van der Waals surface area contributed by atoms with Gasteiger partial charge in [0, 0.05) is 30.0 Å². The smallest absolute Gasteiger partial charge is 0.407 e. The first-order valence-corrected chi connectivity index (χ1v) is 17.5. The van der Waals surface area contributed by atoms with E-state index in [0.717, 1.165) is 11.3 Å². The Balaban J connectivity index is 1.37. The van der Waals surface area contributed by atoms with Gasteiger partial charge in [-0.05, 0) is 37.2 Å². The lowest BCUT2D eigenvalue weighted by molar-refractivity contribution is -0.142. The summed E-state index contributed by atoms with van der Waals surface area (Å²) in [5, 5.41) is 4.76. The van der Waals surface area contributed by atoms with Crippen molar-refractivity contribution in [3.8, 4) is 17.1 Å². The highest BCUT2D eigenvalue weighted by atomic mass is 32.2. The highest BCUT2D eigenvalue weighted by molar-refractivity contribution is 7.91. The second kappa shape index (κ2) is 13.6. The zero-order valence-electron chi connectivity index (χ0n) is 27.6. The first-order valence-electron chi connectivity index (χ1n) is 16.0. The number of hydrogen-bond donors (Lipinski definition) is 3. The first kappa shape index (κ1) is 34.9. The second-order valence-corrected chi connectivity index (χ2v) is 15.7. The monoisotopic (exact) mass is 681 g/mol. The van der Waals surface area contributed by atoms with E-state index in [-0.39, 0.29) is 31.9 Å². The van der Waals surface area contributed by atoms with E-state index >= 15 is 0 Å². The standard InChI is InChI=1S/C34H43N5O8S/c1-6-23-18-34(23,31(42)38-48(44,45)24-15-16-24)37-29(40)26-17-21(19-39(26)30(41)28(33(2,3)4)36-32(43)46-5)20-47-27-14-10-13-25(35-27)22-11-8-7-9-12-22/h6-14,21,23-24,26,28H,1,15-20H2,2-5H3,(H,36,43)(H,37,40)(H,38,42). The van der Waals surface area contributed by atoms with Gasteiger partial charge in [0.15, 0.2) is 0 Å². The number of aromatic nitrogens is 1. The number of alkyl carbamates (subject to hydrolysis) is 1. The molecule has 5 unspecified atom stereocenters. The van der Waals surface area contributed by atoms with Crippen LogP contribution in [0.25, 0.3) is 11.3 Å². The molecule has 0 radical (unpaired) electrons. The lowest BCUT2D eigenvalue weighted by Gasteiger charge is -2.35. The summed E-state index contributed by atoms with van der Waals surface area (Å²) in [7, 11) is -2.68. The molecule has 48 heavy (non-hydrogen) atoms. The summed E-state index contributed by atoms with van der Waals surface area (Å²) in [5.41, 5.74) is -0.626. The van der Waals surface area contributed by atoms with Gasteiger partial charge in [0.25, 0.3) is 5.91 Å². The van der Waals surface area contributed by atoms with E-state index in [4.69, 9.17) is 9.47 Å². The highest BCUT2D eigenvalue weighted by Crippen LogP contribution is 2.45. The molecule has 1 aliphatic heterocycles. The number of nitrogens with zero attached hydrogens (tertiary/aromatic N) is 2. The van der Waals surface area contributed by atoms with Crippen molar-refractivity contribution < 1.29 is 37.1 Å². The van der Waals surface area contributed by atoms with Crippen LogP contribution in [-0.2, 0) is 29.1 Å². The second-order valence-electron chi connectivity index (χ2n) is 13.8. The molecule has 2 heterocycles. The molecule has 2 aromatic rings. The number of carbonyl (C=O) groups is 4. The summed E-state index contributed by atoms with van der Waals surface area (Å²) < 4.78 is 38.2. The van der Waals surface area contributed by atoms with Crippen molar-refractivity contribution in [1.82, 2.24) is 25.2 Å². The van der Waals surface area contributed by atoms with E-state index in [2.05, 4.69) is 26.9 Å². The molecular formula is C34H43N5O8S. The van der Waals surface area contributed by atoms with Crippen molar-refractivity contribution in [2.45, 2.75) is 69.3 Å². The third-order valence-corrected chi connectivity index (χ3v) is 10.9. The number of likely N-dealkylation sites (tertiary alicyclic amines) is 1. The minimum Gasteiger partial charge on any atom is -0.477 e. The van der Waals surface area contributed by atoms with E-state index in [1.165, 1.54) is 18.1 Å². The fourth-order valence-electron chi connectivity index (χ4n) is 6.01. The van der Waals surface area contributed by atoms with Crippen molar-refractivity contribution in [1.29, 1.82) is 0 Å². The Bertz CT molecular complexity index is 1670. The summed E-state index contributed by atoms with van der Waals surface area (Å²) in [5.74, 6) is -2.39. The van der Waals surface area contributed by atoms with Gasteiger partial charge in [-0.1, -0.05) is 63.2 Å². The van der Waals surface area contributed by atoms with Gasteiger partial charge in [0.2, 0.25) is 27.7 Å². The molecule has 0 bridgehead atoms. The van der Waals surface area contributed by atoms with Gasteiger partial charge in [-0.2, -0.15) is 0 Å². The van der Waals surface area contributed by atoms with E-state index in [1.807, 2.05) is 42.5 Å². The Morgan fingerprint density at radius 3 is 2.42 bits per heavy atom. The normalized spacial score (nSPS) is 24.2. The van der Waals surface area contributed by atoms with E-state index < -0.39 is 68.0 Å². The van der Waals surface area contributed by atoms with Crippen molar-refractivity contribution in [3.05, 3.63) is 61.2 Å². The molecule has 3 fully saturated rings. The lowest BCUT2D eigenvalue weighted by Crippen LogP contribution is -2.60. The number of amides is 4. The quantitative estimate of drug-likeness (QED) is 0.285. The molecule has 0 spiro atoms. The molecule has 3 aliphatic rings. The van der Waals surface area contributed by atoms with Gasteiger partial charge >= 0.3 is 6.09 Å². The van der Waals surface area contributed by atoms with Crippen LogP contribution in [0.2, 0.25) is 0 Å². The average Bonchev–Trinajstić information content (AvgIpc) is 3.98. The molecular weight excluding hydrogens is 638 g/mol. The number of rotatable bonds is 12. The van der Waals surface area contributed by atoms with Crippen LogP contribution < -0.4 is 20.1 Å². The summed E-state index contributed by atoms with van der Waals surface area (Å²) in [6.07, 6.45) is 1.99. The van der Waals surface area contributed by atoms with Crippen molar-refractivity contribution in [3.63, 3.8) is 0 Å². The maximum Gasteiger partial charge on any atom is 0.407 e. The number of benzene rings is 1. The van der Waals surface area contributed by atoms with Crippen LogP contribution >= 0.6 is 0 Å². The Morgan fingerprint density at radius 1 is 1.10 bits per heavy atom. The Hall–Kier alpha value is -4.46. The maximum atomic E-state index is 14.1. The number of hydrogen-bond acceptors (Lipinski definition) is 9. The van der Waals surface area contributed by atoms with Crippen LogP contribution in [0.1, 0.15) is 46.5 Å². The maximum absolute atomic E-state index is 14.1. The Morgan fingerprint density at radius 2 is 1.81 bits per heavy atom. The van der Waals surface area contributed by atoms with Crippen LogP contribution in [0.5, 0.6) is 5.88 Å². The third-order valence-electron chi connectivity index (χ3n) is 9.04. The summed E-state index contributed by atoms with van der Waals surface area (Å²) in [4.78, 5) is 59.7. The lowest BCUT2D eigenvalue weighted by atomic mass is 9.85. The van der Waals surface area contributed by atoms with Crippen LogP contribution in [0.4, 0.5) is 4.79 Å². The fourth-order valence-corrected chi connectivity index (χ4v) is 7.38. The topological polar surface area (TPSA) is 173 Å². The van der Waals surface area contributed by atoms with Crippen LogP contribution in [0.3, 0.4) is 0 Å². The number of ether oxygens (including phenoxy) is 2. The average molecular weight is 682 g/mol. The van der Waals surface area contributed by atoms with E-state index in [9.17, 15) is 27.6 Å². The molecule has 2 aliphatic carbocycles. The molecule has 3 N–H and O–H groups in total. The minimum atomic E-state index is -3.87.